The van der Waals surface area contributed by atoms with Gasteiger partial charge in [-0.3, -0.25) is 9.48 Å². The molecule has 3 aromatic rings. The molecule has 0 spiro atoms. The zero-order valence-corrected chi connectivity index (χ0v) is 17.5. The SMILES string of the molecule is CCNCCNC(=O)c1cn(Cc2ccccc2)nc1-c1ccc(OC)cc1.Cl. The number of methoxy groups -OCH3 is 1. The number of carbonyl (C=O) groups excluding carboxylic acids is 1. The van der Waals surface area contributed by atoms with E-state index in [-0.39, 0.29) is 18.3 Å². The van der Waals surface area contributed by atoms with Gasteiger partial charge in [0.15, 0.2) is 0 Å². The predicted octanol–water partition coefficient (Wildman–Crippen LogP) is 3.37. The average molecular weight is 415 g/mol. The van der Waals surface area contributed by atoms with Gasteiger partial charge in [-0.15, -0.1) is 12.4 Å². The summed E-state index contributed by atoms with van der Waals surface area (Å²) in [5, 5.41) is 10.9. The first-order valence-electron chi connectivity index (χ1n) is 9.46. The van der Waals surface area contributed by atoms with Gasteiger partial charge in [-0.1, -0.05) is 37.3 Å². The topological polar surface area (TPSA) is 68.2 Å². The van der Waals surface area contributed by atoms with E-state index >= 15 is 0 Å². The highest BCUT2D eigenvalue weighted by molar-refractivity contribution is 5.99. The number of aromatic nitrogens is 2. The lowest BCUT2D eigenvalue weighted by Crippen LogP contribution is -2.31. The Bertz CT molecular complexity index is 895. The molecule has 2 N–H and O–H groups in total. The van der Waals surface area contributed by atoms with E-state index < -0.39 is 0 Å². The minimum Gasteiger partial charge on any atom is -0.497 e. The number of nitrogens with one attached hydrogen (secondary N) is 2. The van der Waals surface area contributed by atoms with Crippen LogP contribution in [0.3, 0.4) is 0 Å². The van der Waals surface area contributed by atoms with Gasteiger partial charge in [-0.05, 0) is 36.4 Å². The van der Waals surface area contributed by atoms with Crippen LogP contribution >= 0.6 is 12.4 Å². The Kier molecular flexibility index (Phi) is 8.70. The third-order valence-electron chi connectivity index (χ3n) is 4.39. The summed E-state index contributed by atoms with van der Waals surface area (Å²) in [6.45, 7) is 4.82. The number of hydrogen-bond acceptors (Lipinski definition) is 4. The van der Waals surface area contributed by atoms with E-state index in [1.54, 1.807) is 7.11 Å². The second-order valence-corrected chi connectivity index (χ2v) is 6.41. The fourth-order valence-electron chi connectivity index (χ4n) is 2.94. The molecule has 0 unspecified atom stereocenters. The largest absolute Gasteiger partial charge is 0.497 e. The highest BCUT2D eigenvalue weighted by Gasteiger charge is 2.18. The molecule has 0 aliphatic carbocycles. The van der Waals surface area contributed by atoms with Gasteiger partial charge in [0.1, 0.15) is 11.4 Å². The van der Waals surface area contributed by atoms with Gasteiger partial charge in [0.25, 0.3) is 5.91 Å². The van der Waals surface area contributed by atoms with Crippen LogP contribution in [0.25, 0.3) is 11.3 Å². The lowest BCUT2D eigenvalue weighted by atomic mass is 10.1. The van der Waals surface area contributed by atoms with E-state index in [9.17, 15) is 4.79 Å². The number of ether oxygens (including phenoxy) is 1. The maximum atomic E-state index is 12.8. The summed E-state index contributed by atoms with van der Waals surface area (Å²) in [6.07, 6.45) is 1.81. The Morgan fingerprint density at radius 2 is 1.79 bits per heavy atom. The zero-order chi connectivity index (χ0) is 19.8. The van der Waals surface area contributed by atoms with Crippen molar-refractivity contribution in [2.24, 2.45) is 0 Å². The molecule has 0 saturated heterocycles. The monoisotopic (exact) mass is 414 g/mol. The summed E-state index contributed by atoms with van der Waals surface area (Å²) in [6, 6.07) is 17.7. The molecule has 1 aromatic heterocycles. The van der Waals surface area contributed by atoms with Crippen LogP contribution in [0.4, 0.5) is 0 Å². The maximum absolute atomic E-state index is 12.8. The molecule has 6 nitrogen and oxygen atoms in total. The maximum Gasteiger partial charge on any atom is 0.255 e. The van der Waals surface area contributed by atoms with Gasteiger partial charge in [0.05, 0.1) is 19.2 Å². The van der Waals surface area contributed by atoms with Crippen LogP contribution in [0.2, 0.25) is 0 Å². The van der Waals surface area contributed by atoms with Crippen molar-refractivity contribution >= 4 is 18.3 Å². The second-order valence-electron chi connectivity index (χ2n) is 6.41. The number of nitrogens with zero attached hydrogens (tertiary/aromatic N) is 2. The molecule has 0 aliphatic rings. The van der Waals surface area contributed by atoms with Gasteiger partial charge in [-0.2, -0.15) is 5.10 Å². The normalized spacial score (nSPS) is 10.3. The van der Waals surface area contributed by atoms with Crippen molar-refractivity contribution in [3.8, 4) is 17.0 Å². The van der Waals surface area contributed by atoms with E-state index in [0.717, 1.165) is 30.0 Å². The van der Waals surface area contributed by atoms with Crippen molar-refractivity contribution in [1.82, 2.24) is 20.4 Å². The van der Waals surface area contributed by atoms with Crippen LogP contribution in [-0.2, 0) is 6.54 Å². The van der Waals surface area contributed by atoms with Gasteiger partial charge in [-0.25, -0.2) is 0 Å². The molecule has 0 radical (unpaired) electrons. The van der Waals surface area contributed by atoms with E-state index in [1.807, 2.05) is 72.4 Å². The molecule has 0 bridgehead atoms. The molecule has 3 rings (SSSR count). The number of carbonyl (C=O) groups is 1. The summed E-state index contributed by atoms with van der Waals surface area (Å²) in [4.78, 5) is 12.8. The fraction of sp³-hybridized carbons (Fsp3) is 0.273. The molecule has 2 aromatic carbocycles. The number of benzene rings is 2. The van der Waals surface area contributed by atoms with Gasteiger partial charge in [0.2, 0.25) is 0 Å². The minimum absolute atomic E-state index is 0. The molecule has 29 heavy (non-hydrogen) atoms. The number of likely N-dealkylation sites (N-methyl/N-ethyl adjacent to an activating group) is 1. The highest BCUT2D eigenvalue weighted by Crippen LogP contribution is 2.25. The molecular formula is C22H27ClN4O2. The summed E-state index contributed by atoms with van der Waals surface area (Å²) in [7, 11) is 1.63. The number of halogens is 1. The highest BCUT2D eigenvalue weighted by atomic mass is 35.5. The van der Waals surface area contributed by atoms with Gasteiger partial charge >= 0.3 is 0 Å². The Morgan fingerprint density at radius 3 is 2.45 bits per heavy atom. The molecule has 0 fully saturated rings. The Labute approximate surface area is 177 Å². The first-order valence-corrected chi connectivity index (χ1v) is 9.46. The molecule has 1 heterocycles. The average Bonchev–Trinajstić information content (AvgIpc) is 3.16. The van der Waals surface area contributed by atoms with Crippen LogP contribution in [0.1, 0.15) is 22.8 Å². The van der Waals surface area contributed by atoms with Crippen molar-refractivity contribution in [2.75, 3.05) is 26.7 Å². The Balaban J connectivity index is 0.00000300. The first kappa shape index (κ1) is 22.5. The molecule has 0 atom stereocenters. The smallest absolute Gasteiger partial charge is 0.255 e. The molecule has 7 heteroatoms. The molecule has 154 valence electrons. The predicted molar refractivity (Wildman–Crippen MR) is 118 cm³/mol. The van der Waals surface area contributed by atoms with E-state index in [1.165, 1.54) is 0 Å². The van der Waals surface area contributed by atoms with Crippen LogP contribution in [0, 0.1) is 0 Å². The summed E-state index contributed by atoms with van der Waals surface area (Å²) >= 11 is 0. The van der Waals surface area contributed by atoms with E-state index in [4.69, 9.17) is 9.84 Å². The molecular weight excluding hydrogens is 388 g/mol. The summed E-state index contributed by atoms with van der Waals surface area (Å²) in [5.41, 5.74) is 3.24. The standard InChI is InChI=1S/C22H26N4O2.ClH/c1-3-23-13-14-24-22(27)20-16-26(15-17-7-5-4-6-8-17)25-21(20)18-9-11-19(28-2)12-10-18;/h4-12,16,23H,3,13-15H2,1-2H3,(H,24,27);1H. The lowest BCUT2D eigenvalue weighted by molar-refractivity contribution is 0.0954. The van der Waals surface area contributed by atoms with E-state index in [2.05, 4.69) is 10.6 Å². The minimum atomic E-state index is -0.122. The Hall–Kier alpha value is -2.83. The van der Waals surface area contributed by atoms with Crippen molar-refractivity contribution in [2.45, 2.75) is 13.5 Å². The van der Waals surface area contributed by atoms with Crippen molar-refractivity contribution in [3.05, 3.63) is 71.9 Å². The van der Waals surface area contributed by atoms with Crippen molar-refractivity contribution in [3.63, 3.8) is 0 Å². The number of amides is 1. The first-order chi connectivity index (χ1) is 13.7. The molecule has 0 aliphatic heterocycles. The van der Waals surface area contributed by atoms with Crippen molar-refractivity contribution in [1.29, 1.82) is 0 Å². The third-order valence-corrected chi connectivity index (χ3v) is 4.39. The molecule has 0 saturated carbocycles. The van der Waals surface area contributed by atoms with Gasteiger partial charge in [0, 0.05) is 24.8 Å². The lowest BCUT2D eigenvalue weighted by Gasteiger charge is -2.06. The quantitative estimate of drug-likeness (QED) is 0.527. The van der Waals surface area contributed by atoms with Crippen LogP contribution < -0.4 is 15.4 Å². The molecule has 1 amide bonds. The third kappa shape index (κ3) is 6.07. The number of rotatable bonds is 9. The zero-order valence-electron chi connectivity index (χ0n) is 16.7. The van der Waals surface area contributed by atoms with Crippen LogP contribution in [0.15, 0.2) is 60.8 Å². The van der Waals surface area contributed by atoms with Crippen molar-refractivity contribution < 1.29 is 9.53 Å². The second kappa shape index (κ2) is 11.2. The summed E-state index contributed by atoms with van der Waals surface area (Å²) < 4.78 is 7.04. The Morgan fingerprint density at radius 1 is 1.07 bits per heavy atom. The summed E-state index contributed by atoms with van der Waals surface area (Å²) in [5.74, 6) is 0.646. The number of hydrogen-bond donors (Lipinski definition) is 2. The van der Waals surface area contributed by atoms with Gasteiger partial charge < -0.3 is 15.4 Å². The fourth-order valence-corrected chi connectivity index (χ4v) is 2.94. The van der Waals surface area contributed by atoms with Crippen LogP contribution in [0.5, 0.6) is 5.75 Å². The van der Waals surface area contributed by atoms with E-state index in [0.29, 0.717) is 24.3 Å². The van der Waals surface area contributed by atoms with Crippen LogP contribution in [-0.4, -0.2) is 42.4 Å².